The lowest BCUT2D eigenvalue weighted by Crippen LogP contribution is -2.18. The highest BCUT2D eigenvalue weighted by molar-refractivity contribution is 5.37. The zero-order valence-electron chi connectivity index (χ0n) is 11.4. The van der Waals surface area contributed by atoms with Gasteiger partial charge in [-0.2, -0.15) is 0 Å². The maximum Gasteiger partial charge on any atom is 0.0921 e. The van der Waals surface area contributed by atoms with Crippen molar-refractivity contribution in [2.75, 3.05) is 6.54 Å². The first-order valence-corrected chi connectivity index (χ1v) is 6.41. The van der Waals surface area contributed by atoms with Crippen LogP contribution in [0.15, 0.2) is 24.7 Å². The predicted molar refractivity (Wildman–Crippen MR) is 74.7 cm³/mol. The van der Waals surface area contributed by atoms with E-state index in [0.717, 1.165) is 19.5 Å². The molecule has 0 atom stereocenters. The molecule has 0 aliphatic heterocycles. The molecule has 0 saturated carbocycles. The Morgan fingerprint density at radius 3 is 2.50 bits per heavy atom. The van der Waals surface area contributed by atoms with Gasteiger partial charge < -0.3 is 10.3 Å². The summed E-state index contributed by atoms with van der Waals surface area (Å²) in [5, 5.41) is 3.49. The maximum absolute atomic E-state index is 4.01. The molecule has 0 radical (unpaired) electrons. The lowest BCUT2D eigenvalue weighted by Gasteiger charge is -2.12. The Kier molecular flexibility index (Phi) is 4.15. The number of aromatic amines is 1. The number of benzene rings is 1. The highest BCUT2D eigenvalue weighted by atomic mass is 14.9. The molecule has 2 rings (SSSR count). The van der Waals surface area contributed by atoms with Crippen molar-refractivity contribution in [1.82, 2.24) is 15.3 Å². The summed E-state index contributed by atoms with van der Waals surface area (Å²) in [6.45, 7) is 8.42. The van der Waals surface area contributed by atoms with Crippen LogP contribution < -0.4 is 5.32 Å². The number of aryl methyl sites for hydroxylation is 3. The summed E-state index contributed by atoms with van der Waals surface area (Å²) in [4.78, 5) is 7.13. The van der Waals surface area contributed by atoms with Crippen LogP contribution in [0.5, 0.6) is 0 Å². The van der Waals surface area contributed by atoms with Gasteiger partial charge in [-0.05, 0) is 37.5 Å². The molecule has 3 nitrogen and oxygen atoms in total. The summed E-state index contributed by atoms with van der Waals surface area (Å²) in [6, 6.07) is 4.50. The maximum atomic E-state index is 4.01. The lowest BCUT2D eigenvalue weighted by molar-refractivity contribution is 0.676. The quantitative estimate of drug-likeness (QED) is 0.793. The van der Waals surface area contributed by atoms with Gasteiger partial charge >= 0.3 is 0 Å². The van der Waals surface area contributed by atoms with Crippen LogP contribution in [-0.2, 0) is 13.0 Å². The van der Waals surface area contributed by atoms with Crippen LogP contribution in [-0.4, -0.2) is 16.5 Å². The number of nitrogens with zero attached hydrogens (tertiary/aromatic N) is 1. The fourth-order valence-electron chi connectivity index (χ4n) is 2.35. The number of hydrogen-bond acceptors (Lipinski definition) is 2. The zero-order chi connectivity index (χ0) is 13.0. The molecule has 2 N–H and O–H groups in total. The third kappa shape index (κ3) is 3.20. The van der Waals surface area contributed by atoms with Crippen LogP contribution in [0.4, 0.5) is 0 Å². The first kappa shape index (κ1) is 12.8. The Morgan fingerprint density at radius 2 is 1.89 bits per heavy atom. The normalized spacial score (nSPS) is 10.8. The summed E-state index contributed by atoms with van der Waals surface area (Å²) in [6.07, 6.45) is 4.59. The molecule has 0 bridgehead atoms. The van der Waals surface area contributed by atoms with Gasteiger partial charge in [0.1, 0.15) is 0 Å². The Labute approximate surface area is 109 Å². The number of nitrogens with one attached hydrogen (secondary N) is 2. The lowest BCUT2D eigenvalue weighted by atomic mass is 10.00. The van der Waals surface area contributed by atoms with Gasteiger partial charge in [-0.25, -0.2) is 4.98 Å². The second-order valence-corrected chi connectivity index (χ2v) is 4.88. The fraction of sp³-hybridized carbons (Fsp3) is 0.400. The van der Waals surface area contributed by atoms with Crippen LogP contribution >= 0.6 is 0 Å². The summed E-state index contributed by atoms with van der Waals surface area (Å²) in [5.74, 6) is 0. The van der Waals surface area contributed by atoms with Crippen molar-refractivity contribution in [3.63, 3.8) is 0 Å². The van der Waals surface area contributed by atoms with Gasteiger partial charge in [0.15, 0.2) is 0 Å². The van der Waals surface area contributed by atoms with Crippen molar-refractivity contribution in [1.29, 1.82) is 0 Å². The largest absolute Gasteiger partial charge is 0.348 e. The number of aromatic nitrogens is 2. The van der Waals surface area contributed by atoms with Crippen LogP contribution in [0.25, 0.3) is 0 Å². The van der Waals surface area contributed by atoms with Gasteiger partial charge in [-0.3, -0.25) is 0 Å². The smallest absolute Gasteiger partial charge is 0.0921 e. The topological polar surface area (TPSA) is 40.7 Å². The van der Waals surface area contributed by atoms with E-state index in [9.17, 15) is 0 Å². The van der Waals surface area contributed by atoms with Crippen molar-refractivity contribution in [3.05, 3.63) is 52.6 Å². The third-order valence-corrected chi connectivity index (χ3v) is 3.27. The fourth-order valence-corrected chi connectivity index (χ4v) is 2.35. The molecule has 0 spiro atoms. The highest BCUT2D eigenvalue weighted by Gasteiger charge is 2.03. The van der Waals surface area contributed by atoms with Crippen molar-refractivity contribution in [2.24, 2.45) is 0 Å². The summed E-state index contributed by atoms with van der Waals surface area (Å²) >= 11 is 0. The van der Waals surface area contributed by atoms with E-state index in [0.29, 0.717) is 0 Å². The van der Waals surface area contributed by atoms with E-state index in [1.165, 1.54) is 27.9 Å². The second-order valence-electron chi connectivity index (χ2n) is 4.88. The minimum absolute atomic E-state index is 0.937. The molecule has 0 saturated heterocycles. The molecule has 1 aromatic heterocycles. The van der Waals surface area contributed by atoms with Gasteiger partial charge in [-0.15, -0.1) is 0 Å². The van der Waals surface area contributed by atoms with E-state index in [4.69, 9.17) is 0 Å². The molecule has 0 aliphatic carbocycles. The molecule has 18 heavy (non-hydrogen) atoms. The van der Waals surface area contributed by atoms with Crippen LogP contribution in [0.2, 0.25) is 0 Å². The standard InChI is InChI=1S/C15H21N3/c1-11-6-12(2)15(13(3)7-11)9-16-5-4-14-8-17-10-18-14/h6-8,10,16H,4-5,9H2,1-3H3,(H,17,18). The monoisotopic (exact) mass is 243 g/mol. The molecule has 0 unspecified atom stereocenters. The molecule has 0 fully saturated rings. The Balaban J connectivity index is 1.87. The van der Waals surface area contributed by atoms with E-state index in [1.54, 1.807) is 6.33 Å². The van der Waals surface area contributed by atoms with E-state index in [1.807, 2.05) is 6.20 Å². The van der Waals surface area contributed by atoms with Gasteiger partial charge in [0, 0.05) is 31.4 Å². The summed E-state index contributed by atoms with van der Waals surface area (Å²) in [5.41, 5.74) is 6.69. The number of hydrogen-bond donors (Lipinski definition) is 2. The Morgan fingerprint density at radius 1 is 1.17 bits per heavy atom. The molecule has 3 heteroatoms. The van der Waals surface area contributed by atoms with Gasteiger partial charge in [0.25, 0.3) is 0 Å². The summed E-state index contributed by atoms with van der Waals surface area (Å²) < 4.78 is 0. The van der Waals surface area contributed by atoms with Crippen molar-refractivity contribution in [3.8, 4) is 0 Å². The van der Waals surface area contributed by atoms with Gasteiger partial charge in [0.2, 0.25) is 0 Å². The zero-order valence-corrected chi connectivity index (χ0v) is 11.4. The number of imidazole rings is 1. The summed E-state index contributed by atoms with van der Waals surface area (Å²) in [7, 11) is 0. The molecule has 0 aliphatic rings. The SMILES string of the molecule is Cc1cc(C)c(CNCCc2cnc[nH]2)c(C)c1. The molecular weight excluding hydrogens is 222 g/mol. The van der Waals surface area contributed by atoms with E-state index < -0.39 is 0 Å². The third-order valence-electron chi connectivity index (χ3n) is 3.27. The van der Waals surface area contributed by atoms with E-state index in [-0.39, 0.29) is 0 Å². The molecular formula is C15H21N3. The van der Waals surface area contributed by atoms with Crippen LogP contribution in [0.3, 0.4) is 0 Å². The molecule has 1 aromatic carbocycles. The molecule has 96 valence electrons. The van der Waals surface area contributed by atoms with Crippen molar-refractivity contribution < 1.29 is 0 Å². The van der Waals surface area contributed by atoms with Crippen LogP contribution in [0.1, 0.15) is 27.9 Å². The minimum atomic E-state index is 0.937. The first-order chi connectivity index (χ1) is 8.66. The van der Waals surface area contributed by atoms with Crippen molar-refractivity contribution >= 4 is 0 Å². The highest BCUT2D eigenvalue weighted by Crippen LogP contribution is 2.15. The second kappa shape index (κ2) is 5.83. The molecule has 0 amide bonds. The average Bonchev–Trinajstić information content (AvgIpc) is 2.79. The van der Waals surface area contributed by atoms with E-state index in [2.05, 4.69) is 48.2 Å². The average molecular weight is 243 g/mol. The van der Waals surface area contributed by atoms with E-state index >= 15 is 0 Å². The van der Waals surface area contributed by atoms with Gasteiger partial charge in [0.05, 0.1) is 6.33 Å². The minimum Gasteiger partial charge on any atom is -0.348 e. The Hall–Kier alpha value is -1.61. The predicted octanol–water partition coefficient (Wildman–Crippen LogP) is 2.67. The van der Waals surface area contributed by atoms with Crippen LogP contribution in [0, 0.1) is 20.8 Å². The molecule has 1 heterocycles. The molecule has 2 aromatic rings. The first-order valence-electron chi connectivity index (χ1n) is 6.41. The number of H-pyrrole nitrogens is 1. The van der Waals surface area contributed by atoms with Gasteiger partial charge in [-0.1, -0.05) is 17.7 Å². The van der Waals surface area contributed by atoms with Crippen molar-refractivity contribution in [2.45, 2.75) is 33.7 Å². The Bertz CT molecular complexity index is 477. The number of rotatable bonds is 5.